The monoisotopic (exact) mass is 459 g/mol. The quantitative estimate of drug-likeness (QED) is 0.542. The van der Waals surface area contributed by atoms with Crippen LogP contribution in [-0.2, 0) is 22.4 Å². The van der Waals surface area contributed by atoms with E-state index in [1.807, 2.05) is 36.5 Å². The number of likely N-dealkylation sites (tertiary alicyclic amines) is 1. The van der Waals surface area contributed by atoms with Gasteiger partial charge in [-0.15, -0.1) is 0 Å². The Bertz CT molecular complexity index is 1260. The van der Waals surface area contributed by atoms with Gasteiger partial charge < -0.3 is 25.8 Å². The third-order valence-electron chi connectivity index (χ3n) is 6.99. The minimum absolute atomic E-state index is 0.000970. The highest BCUT2D eigenvalue weighted by atomic mass is 16.2. The number of nitrogens with two attached hydrogens (primary N) is 1. The average molecular weight is 460 g/mol. The van der Waals surface area contributed by atoms with Crippen molar-refractivity contribution in [2.75, 3.05) is 25.0 Å². The van der Waals surface area contributed by atoms with E-state index in [-0.39, 0.29) is 23.8 Å². The molecule has 2 aliphatic heterocycles. The number of carbonyl (C=O) groups excluding carboxylic acids is 3. The molecule has 1 aromatic heterocycles. The van der Waals surface area contributed by atoms with Gasteiger partial charge in [0.1, 0.15) is 0 Å². The molecule has 3 aromatic rings. The van der Waals surface area contributed by atoms with Crippen molar-refractivity contribution in [3.8, 4) is 0 Å². The van der Waals surface area contributed by atoms with Crippen LogP contribution in [0.5, 0.6) is 0 Å². The van der Waals surface area contributed by atoms with Gasteiger partial charge in [0.15, 0.2) is 0 Å². The van der Waals surface area contributed by atoms with E-state index < -0.39 is 6.04 Å². The molecule has 3 amide bonds. The Kier molecular flexibility index (Phi) is 5.83. The largest absolute Gasteiger partial charge is 0.361 e. The van der Waals surface area contributed by atoms with E-state index >= 15 is 0 Å². The second-order valence-electron chi connectivity index (χ2n) is 9.22. The van der Waals surface area contributed by atoms with Gasteiger partial charge >= 0.3 is 0 Å². The number of nitrogens with one attached hydrogen (secondary N) is 2. The molecular formula is C26H29N5O3. The number of rotatable bonds is 5. The van der Waals surface area contributed by atoms with Crippen molar-refractivity contribution in [2.45, 2.75) is 37.8 Å². The summed E-state index contributed by atoms with van der Waals surface area (Å²) in [6.45, 7) is 1.13. The number of fused-ring (bicyclic) bond motifs is 2. The Morgan fingerprint density at radius 3 is 2.74 bits per heavy atom. The number of para-hydroxylation sites is 1. The van der Waals surface area contributed by atoms with Gasteiger partial charge in [0, 0.05) is 54.5 Å². The predicted molar refractivity (Wildman–Crippen MR) is 131 cm³/mol. The number of benzene rings is 2. The lowest BCUT2D eigenvalue weighted by Crippen LogP contribution is -2.51. The molecule has 1 atom stereocenters. The summed E-state index contributed by atoms with van der Waals surface area (Å²) in [7, 11) is 1.75. The average Bonchev–Trinajstić information content (AvgIpc) is 3.38. The molecule has 8 nitrogen and oxygen atoms in total. The number of hydrogen-bond acceptors (Lipinski definition) is 4. The van der Waals surface area contributed by atoms with E-state index in [1.54, 1.807) is 29.0 Å². The highest BCUT2D eigenvalue weighted by molar-refractivity contribution is 6.03. The molecule has 8 heteroatoms. The zero-order chi connectivity index (χ0) is 23.8. The predicted octanol–water partition coefficient (Wildman–Crippen LogP) is 1.98. The lowest BCUT2D eigenvalue weighted by molar-refractivity contribution is -0.133. The van der Waals surface area contributed by atoms with E-state index in [1.165, 1.54) is 0 Å². The second kappa shape index (κ2) is 8.95. The van der Waals surface area contributed by atoms with Crippen molar-refractivity contribution in [2.24, 2.45) is 5.73 Å². The molecule has 0 bridgehead atoms. The van der Waals surface area contributed by atoms with Crippen molar-refractivity contribution in [1.29, 1.82) is 0 Å². The Balaban J connectivity index is 1.14. The first-order chi connectivity index (χ1) is 16.4. The topological polar surface area (TPSA) is 112 Å². The van der Waals surface area contributed by atoms with Crippen LogP contribution in [-0.4, -0.2) is 59.8 Å². The van der Waals surface area contributed by atoms with Crippen LogP contribution in [0.3, 0.4) is 0 Å². The summed E-state index contributed by atoms with van der Waals surface area (Å²) in [5.41, 5.74) is 10.7. The fourth-order valence-corrected chi connectivity index (χ4v) is 4.98. The molecule has 2 aliphatic rings. The summed E-state index contributed by atoms with van der Waals surface area (Å²) in [6.07, 6.45) is 4.10. The molecule has 1 saturated heterocycles. The van der Waals surface area contributed by atoms with Crippen LogP contribution in [0.1, 0.15) is 34.3 Å². The lowest BCUT2D eigenvalue weighted by Gasteiger charge is -2.34. The lowest BCUT2D eigenvalue weighted by atomic mass is 10.0. The van der Waals surface area contributed by atoms with Gasteiger partial charge in [-0.2, -0.15) is 0 Å². The summed E-state index contributed by atoms with van der Waals surface area (Å²) in [5, 5.41) is 4.18. The standard InChI is InChI=1S/C26H29N5O3/c1-30-23-7-6-16(12-17(23)14-24(30)32)25(33)29-19-8-10-31(11-9-19)26(34)21(27)13-18-15-28-22-5-3-2-4-20(18)22/h2-7,12,15,19,21,28H,8-11,13-14,27H2,1H3,(H,29,33). The van der Waals surface area contributed by atoms with Gasteiger partial charge in [0.05, 0.1) is 12.5 Å². The normalized spacial score (nSPS) is 17.2. The molecule has 34 heavy (non-hydrogen) atoms. The SMILES string of the molecule is CN1C(=O)Cc2cc(C(=O)NC3CCN(C(=O)C(N)Cc4c[nH]c5ccccc45)CC3)ccc21. The number of likely N-dealkylation sites (N-methyl/N-ethyl adjacent to an activating group) is 1. The van der Waals surface area contributed by atoms with Crippen LogP contribution in [0.25, 0.3) is 10.9 Å². The molecule has 0 radical (unpaired) electrons. The van der Waals surface area contributed by atoms with Gasteiger partial charge in [-0.3, -0.25) is 14.4 Å². The van der Waals surface area contributed by atoms with Crippen LogP contribution >= 0.6 is 0 Å². The molecule has 5 rings (SSSR count). The molecule has 0 saturated carbocycles. The molecule has 4 N–H and O–H groups in total. The summed E-state index contributed by atoms with van der Waals surface area (Å²) < 4.78 is 0. The fourth-order valence-electron chi connectivity index (χ4n) is 4.98. The number of aromatic nitrogens is 1. The first kappa shape index (κ1) is 22.2. The molecule has 1 unspecified atom stereocenters. The summed E-state index contributed by atoms with van der Waals surface area (Å²) in [4.78, 5) is 44.3. The number of hydrogen-bond donors (Lipinski definition) is 3. The maximum absolute atomic E-state index is 12.9. The van der Waals surface area contributed by atoms with E-state index in [2.05, 4.69) is 10.3 Å². The van der Waals surface area contributed by atoms with Crippen LogP contribution in [0.2, 0.25) is 0 Å². The van der Waals surface area contributed by atoms with E-state index in [4.69, 9.17) is 5.73 Å². The van der Waals surface area contributed by atoms with Crippen molar-refractivity contribution in [3.05, 3.63) is 65.4 Å². The maximum atomic E-state index is 12.9. The van der Waals surface area contributed by atoms with Crippen LogP contribution in [0, 0.1) is 0 Å². The number of piperidine rings is 1. The summed E-state index contributed by atoms with van der Waals surface area (Å²) in [6, 6.07) is 12.8. The third kappa shape index (κ3) is 4.17. The zero-order valence-electron chi connectivity index (χ0n) is 19.2. The minimum Gasteiger partial charge on any atom is -0.361 e. The second-order valence-corrected chi connectivity index (χ2v) is 9.22. The zero-order valence-corrected chi connectivity index (χ0v) is 19.2. The molecule has 0 spiro atoms. The first-order valence-corrected chi connectivity index (χ1v) is 11.7. The van der Waals surface area contributed by atoms with Crippen molar-refractivity contribution >= 4 is 34.3 Å². The van der Waals surface area contributed by atoms with Crippen LogP contribution < -0.4 is 16.0 Å². The van der Waals surface area contributed by atoms with Crippen LogP contribution in [0.15, 0.2) is 48.7 Å². The number of H-pyrrole nitrogens is 1. The fraction of sp³-hybridized carbons (Fsp3) is 0.346. The van der Waals surface area contributed by atoms with Crippen molar-refractivity contribution in [1.82, 2.24) is 15.2 Å². The highest BCUT2D eigenvalue weighted by Crippen LogP contribution is 2.28. The van der Waals surface area contributed by atoms with Gasteiger partial charge in [0.25, 0.3) is 5.91 Å². The number of aromatic amines is 1. The van der Waals surface area contributed by atoms with E-state index in [0.717, 1.165) is 27.7 Å². The molecule has 1 fully saturated rings. The Labute approximate surface area is 198 Å². The first-order valence-electron chi connectivity index (χ1n) is 11.7. The highest BCUT2D eigenvalue weighted by Gasteiger charge is 2.29. The third-order valence-corrected chi connectivity index (χ3v) is 6.99. The Morgan fingerprint density at radius 1 is 1.18 bits per heavy atom. The Morgan fingerprint density at radius 2 is 1.94 bits per heavy atom. The van der Waals surface area contributed by atoms with Gasteiger partial charge in [-0.1, -0.05) is 18.2 Å². The molecule has 0 aliphatic carbocycles. The van der Waals surface area contributed by atoms with E-state index in [9.17, 15) is 14.4 Å². The number of carbonyl (C=O) groups is 3. The van der Waals surface area contributed by atoms with E-state index in [0.29, 0.717) is 44.3 Å². The van der Waals surface area contributed by atoms with Gasteiger partial charge in [-0.05, 0) is 54.7 Å². The van der Waals surface area contributed by atoms with Crippen LogP contribution in [0.4, 0.5) is 5.69 Å². The molecule has 176 valence electrons. The molecule has 2 aromatic carbocycles. The number of anilines is 1. The smallest absolute Gasteiger partial charge is 0.251 e. The Hall–Kier alpha value is -3.65. The molecular weight excluding hydrogens is 430 g/mol. The minimum atomic E-state index is -0.599. The number of nitrogens with zero attached hydrogens (tertiary/aromatic N) is 2. The summed E-state index contributed by atoms with van der Waals surface area (Å²) in [5.74, 6) is -0.166. The molecule has 3 heterocycles. The van der Waals surface area contributed by atoms with Gasteiger partial charge in [0.2, 0.25) is 11.8 Å². The van der Waals surface area contributed by atoms with Gasteiger partial charge in [-0.25, -0.2) is 0 Å². The summed E-state index contributed by atoms with van der Waals surface area (Å²) >= 11 is 0. The number of amides is 3. The van der Waals surface area contributed by atoms with Crippen molar-refractivity contribution in [3.63, 3.8) is 0 Å². The van der Waals surface area contributed by atoms with Crippen molar-refractivity contribution < 1.29 is 14.4 Å². The maximum Gasteiger partial charge on any atom is 0.251 e.